The minimum Gasteiger partial charge on any atom is -0.492 e. The van der Waals surface area contributed by atoms with E-state index in [0.717, 1.165) is 21.5 Å². The number of hydrogen-bond acceptors (Lipinski definition) is 2. The fraction of sp³-hybridized carbons (Fsp3) is 0.381. The SMILES string of the molecule is Cc1cc(Cl)ccc1NC(=O)NCCCOc1ccc(C(C)(C)C)cc1Br. The smallest absolute Gasteiger partial charge is 0.319 e. The maximum atomic E-state index is 12.0. The number of carbonyl (C=O) groups is 1. The van der Waals surface area contributed by atoms with Crippen LogP contribution >= 0.6 is 27.5 Å². The van der Waals surface area contributed by atoms with Crippen LogP contribution in [0.1, 0.15) is 38.3 Å². The second-order valence-electron chi connectivity index (χ2n) is 7.44. The Labute approximate surface area is 174 Å². The molecule has 2 rings (SSSR count). The van der Waals surface area contributed by atoms with Gasteiger partial charge in [0.2, 0.25) is 0 Å². The monoisotopic (exact) mass is 452 g/mol. The lowest BCUT2D eigenvalue weighted by atomic mass is 9.87. The van der Waals surface area contributed by atoms with Gasteiger partial charge in [0.1, 0.15) is 5.75 Å². The van der Waals surface area contributed by atoms with E-state index in [1.165, 1.54) is 5.56 Å². The predicted molar refractivity (Wildman–Crippen MR) is 116 cm³/mol. The van der Waals surface area contributed by atoms with Crippen molar-refractivity contribution in [2.45, 2.75) is 39.5 Å². The summed E-state index contributed by atoms with van der Waals surface area (Å²) in [4.78, 5) is 12.0. The van der Waals surface area contributed by atoms with E-state index in [-0.39, 0.29) is 11.4 Å². The van der Waals surface area contributed by atoms with Gasteiger partial charge in [0.15, 0.2) is 0 Å². The number of aryl methyl sites for hydroxylation is 1. The third-order valence-electron chi connectivity index (χ3n) is 4.10. The molecule has 146 valence electrons. The average molecular weight is 454 g/mol. The zero-order valence-corrected chi connectivity index (χ0v) is 18.5. The molecule has 2 aromatic carbocycles. The molecule has 2 aromatic rings. The summed E-state index contributed by atoms with van der Waals surface area (Å²) in [5.41, 5.74) is 3.01. The summed E-state index contributed by atoms with van der Waals surface area (Å²) in [6, 6.07) is 11.3. The molecule has 0 aliphatic rings. The van der Waals surface area contributed by atoms with Crippen molar-refractivity contribution in [1.82, 2.24) is 5.32 Å². The van der Waals surface area contributed by atoms with E-state index in [0.29, 0.717) is 24.6 Å². The van der Waals surface area contributed by atoms with Crippen molar-refractivity contribution in [3.63, 3.8) is 0 Å². The number of urea groups is 1. The molecule has 0 bridgehead atoms. The summed E-state index contributed by atoms with van der Waals surface area (Å²) in [5.74, 6) is 0.809. The van der Waals surface area contributed by atoms with Crippen LogP contribution in [0.2, 0.25) is 5.02 Å². The molecule has 2 N–H and O–H groups in total. The van der Waals surface area contributed by atoms with Gasteiger partial charge in [-0.2, -0.15) is 0 Å². The summed E-state index contributed by atoms with van der Waals surface area (Å²) < 4.78 is 6.75. The van der Waals surface area contributed by atoms with Crippen LogP contribution in [0.15, 0.2) is 40.9 Å². The molecule has 4 nitrogen and oxygen atoms in total. The number of ether oxygens (including phenoxy) is 1. The maximum absolute atomic E-state index is 12.0. The first kappa shape index (κ1) is 21.6. The Morgan fingerprint density at radius 1 is 1.19 bits per heavy atom. The van der Waals surface area contributed by atoms with Gasteiger partial charge in [-0.05, 0) is 76.1 Å². The summed E-state index contributed by atoms with van der Waals surface area (Å²) in [5, 5.41) is 6.30. The van der Waals surface area contributed by atoms with Crippen molar-refractivity contribution in [2.24, 2.45) is 0 Å². The number of nitrogens with one attached hydrogen (secondary N) is 2. The lowest BCUT2D eigenvalue weighted by Gasteiger charge is -2.20. The summed E-state index contributed by atoms with van der Waals surface area (Å²) in [6.07, 6.45) is 0.709. The number of anilines is 1. The Morgan fingerprint density at radius 2 is 1.93 bits per heavy atom. The Kier molecular flexibility index (Phi) is 7.57. The molecule has 0 saturated heterocycles. The van der Waals surface area contributed by atoms with E-state index in [1.807, 2.05) is 19.1 Å². The molecule has 0 heterocycles. The van der Waals surface area contributed by atoms with Crippen LogP contribution in [-0.4, -0.2) is 19.2 Å². The number of benzene rings is 2. The van der Waals surface area contributed by atoms with E-state index in [9.17, 15) is 4.79 Å². The summed E-state index contributed by atoms with van der Waals surface area (Å²) in [6.45, 7) is 9.48. The zero-order chi connectivity index (χ0) is 20.0. The number of carbonyl (C=O) groups excluding carboxylic acids is 1. The van der Waals surface area contributed by atoms with Crippen LogP contribution in [-0.2, 0) is 5.41 Å². The predicted octanol–water partition coefficient (Wildman–Crippen LogP) is 6.30. The summed E-state index contributed by atoms with van der Waals surface area (Å²) >= 11 is 9.49. The van der Waals surface area contributed by atoms with E-state index < -0.39 is 0 Å². The Morgan fingerprint density at radius 3 is 2.56 bits per heavy atom. The molecular formula is C21H26BrClN2O2. The minimum absolute atomic E-state index is 0.0980. The lowest BCUT2D eigenvalue weighted by Crippen LogP contribution is -2.30. The van der Waals surface area contributed by atoms with Gasteiger partial charge in [-0.15, -0.1) is 0 Å². The normalized spacial score (nSPS) is 11.2. The van der Waals surface area contributed by atoms with Crippen molar-refractivity contribution in [3.05, 3.63) is 57.0 Å². The van der Waals surface area contributed by atoms with Crippen molar-refractivity contribution >= 4 is 39.2 Å². The molecule has 0 aromatic heterocycles. The molecule has 0 fully saturated rings. The highest BCUT2D eigenvalue weighted by Crippen LogP contribution is 2.31. The largest absolute Gasteiger partial charge is 0.492 e. The van der Waals surface area contributed by atoms with Crippen LogP contribution in [0.3, 0.4) is 0 Å². The first-order chi connectivity index (χ1) is 12.7. The molecule has 0 aliphatic carbocycles. The van der Waals surface area contributed by atoms with Crippen molar-refractivity contribution in [1.29, 1.82) is 0 Å². The number of amides is 2. The molecule has 6 heteroatoms. The Balaban J connectivity index is 1.73. The third-order valence-corrected chi connectivity index (χ3v) is 4.95. The van der Waals surface area contributed by atoms with Gasteiger partial charge in [0.05, 0.1) is 11.1 Å². The Hall–Kier alpha value is -1.72. The van der Waals surface area contributed by atoms with Crippen molar-refractivity contribution in [3.8, 4) is 5.75 Å². The van der Waals surface area contributed by atoms with E-state index in [1.54, 1.807) is 12.1 Å². The van der Waals surface area contributed by atoms with Crippen LogP contribution in [0.4, 0.5) is 10.5 Å². The van der Waals surface area contributed by atoms with Gasteiger partial charge in [-0.3, -0.25) is 0 Å². The van der Waals surface area contributed by atoms with Crippen molar-refractivity contribution in [2.75, 3.05) is 18.5 Å². The van der Waals surface area contributed by atoms with Crippen LogP contribution in [0.5, 0.6) is 5.75 Å². The molecule has 27 heavy (non-hydrogen) atoms. The summed E-state index contributed by atoms with van der Waals surface area (Å²) in [7, 11) is 0. The van der Waals surface area contributed by atoms with Gasteiger partial charge >= 0.3 is 6.03 Å². The first-order valence-electron chi connectivity index (χ1n) is 8.90. The third kappa shape index (κ3) is 6.74. The maximum Gasteiger partial charge on any atom is 0.319 e. The lowest BCUT2D eigenvalue weighted by molar-refractivity contribution is 0.250. The highest BCUT2D eigenvalue weighted by molar-refractivity contribution is 9.10. The van der Waals surface area contributed by atoms with Gasteiger partial charge in [0.25, 0.3) is 0 Å². The second-order valence-corrected chi connectivity index (χ2v) is 8.73. The molecular weight excluding hydrogens is 428 g/mol. The van der Waals surface area contributed by atoms with Gasteiger partial charge in [-0.1, -0.05) is 38.4 Å². The van der Waals surface area contributed by atoms with Gasteiger partial charge in [0, 0.05) is 17.3 Å². The standard InChI is InChI=1S/C21H26BrClN2O2/c1-14-12-16(23)7-8-18(14)25-20(26)24-10-5-11-27-19-9-6-15(13-17(19)22)21(2,3)4/h6-9,12-13H,5,10-11H2,1-4H3,(H2,24,25,26). The van der Waals surface area contributed by atoms with Gasteiger partial charge in [-0.25, -0.2) is 4.79 Å². The fourth-order valence-electron chi connectivity index (χ4n) is 2.47. The molecule has 0 radical (unpaired) electrons. The number of rotatable bonds is 6. The zero-order valence-electron chi connectivity index (χ0n) is 16.2. The molecule has 0 saturated carbocycles. The van der Waals surface area contributed by atoms with Crippen LogP contribution in [0, 0.1) is 6.92 Å². The van der Waals surface area contributed by atoms with E-state index >= 15 is 0 Å². The van der Waals surface area contributed by atoms with Gasteiger partial charge < -0.3 is 15.4 Å². The highest BCUT2D eigenvalue weighted by Gasteiger charge is 2.15. The van der Waals surface area contributed by atoms with Crippen molar-refractivity contribution < 1.29 is 9.53 Å². The Bertz CT molecular complexity index is 803. The minimum atomic E-state index is -0.240. The topological polar surface area (TPSA) is 50.4 Å². The fourth-order valence-corrected chi connectivity index (χ4v) is 3.19. The molecule has 0 unspecified atom stereocenters. The average Bonchev–Trinajstić information content (AvgIpc) is 2.57. The second kappa shape index (κ2) is 9.47. The van der Waals surface area contributed by atoms with E-state index in [4.69, 9.17) is 16.3 Å². The quantitative estimate of drug-likeness (QED) is 0.504. The highest BCUT2D eigenvalue weighted by atomic mass is 79.9. The number of halogens is 2. The molecule has 0 spiro atoms. The molecule has 0 aliphatic heterocycles. The number of hydrogen-bond donors (Lipinski definition) is 2. The van der Waals surface area contributed by atoms with Crippen LogP contribution in [0.25, 0.3) is 0 Å². The molecule has 0 atom stereocenters. The molecule has 2 amide bonds. The van der Waals surface area contributed by atoms with Crippen LogP contribution < -0.4 is 15.4 Å². The van der Waals surface area contributed by atoms with E-state index in [2.05, 4.69) is 59.5 Å². The first-order valence-corrected chi connectivity index (χ1v) is 10.1.